The number of unbranched alkanes of at least 4 members (excludes halogenated alkanes) is 1. The minimum atomic E-state index is -3.72. The number of hydrogen-bond acceptors (Lipinski definition) is 7. The molecule has 0 heterocycles. The fourth-order valence-corrected chi connectivity index (χ4v) is 0.278. The van der Waals surface area contributed by atoms with Crippen molar-refractivity contribution in [1.82, 2.24) is 0 Å². The van der Waals surface area contributed by atoms with Crippen molar-refractivity contribution in [2.45, 2.75) is 12.8 Å². The van der Waals surface area contributed by atoms with Gasteiger partial charge in [-0.15, -0.1) is 0 Å². The van der Waals surface area contributed by atoms with Gasteiger partial charge >= 0.3 is 88.7 Å². The van der Waals surface area contributed by atoms with Gasteiger partial charge in [0.1, 0.15) is 0 Å². The first-order valence-electron chi connectivity index (χ1n) is 3.02. The van der Waals surface area contributed by atoms with Crippen LogP contribution in [0.4, 0.5) is 0 Å². The average Bonchev–Trinajstić information content (AvgIpc) is 1.85. The van der Waals surface area contributed by atoms with E-state index in [0.29, 0.717) is 19.4 Å². The molecule has 0 aliphatic heterocycles. The number of aliphatic hydroxyl groups is 1. The van der Waals surface area contributed by atoms with Crippen molar-refractivity contribution >= 4 is 29.7 Å². The van der Waals surface area contributed by atoms with Gasteiger partial charge in [0.05, 0.1) is 6.61 Å². The monoisotopic (exact) mass is 302 g/mol. The Hall–Kier alpha value is 3.80. The predicted octanol–water partition coefficient (Wildman–Crippen LogP) is -10.3. The maximum Gasteiger partial charge on any atom is 1.00 e. The maximum atomic E-state index is 9.29. The summed E-state index contributed by atoms with van der Waals surface area (Å²) < 4.78 is 0. The van der Waals surface area contributed by atoms with Crippen molar-refractivity contribution in [3.8, 4) is 0 Å². The second-order valence-electron chi connectivity index (χ2n) is 1.71. The Morgan fingerprint density at radius 1 is 1.20 bits per heavy atom. The zero-order valence-electron chi connectivity index (χ0n) is 9.21. The van der Waals surface area contributed by atoms with Gasteiger partial charge in [-0.3, -0.25) is 5.26 Å². The molecule has 0 amide bonds. The average molecular weight is 302 g/mol. The van der Waals surface area contributed by atoms with Crippen LogP contribution < -0.4 is 98.5 Å². The minimum absolute atomic E-state index is 0. The molecule has 5 nitrogen and oxygen atoms in total. The normalized spacial score (nSPS) is 8.33. The van der Waals surface area contributed by atoms with Crippen LogP contribution >= 0.6 is 5.69 Å². The van der Waals surface area contributed by atoms with Crippen molar-refractivity contribution in [2.75, 3.05) is 13.2 Å². The molecular weight excluding hydrogens is 292 g/mol. The van der Waals surface area contributed by atoms with E-state index in [-0.39, 0.29) is 95.3 Å². The van der Waals surface area contributed by atoms with Crippen LogP contribution in [0.15, 0.2) is 0 Å². The van der Waals surface area contributed by atoms with Crippen molar-refractivity contribution in [3.05, 3.63) is 0 Å². The summed E-state index contributed by atoms with van der Waals surface area (Å²) in [5, 5.41) is 15.9. The molecule has 0 radical (unpaired) electrons. The minimum Gasteiger partial charge on any atom is -0.850 e. The van der Waals surface area contributed by atoms with E-state index in [4.69, 9.17) is 10.4 Å². The third kappa shape index (κ3) is 73.0. The van der Waals surface area contributed by atoms with E-state index in [0.717, 1.165) is 0 Å². The van der Waals surface area contributed by atoms with Gasteiger partial charge in [0.15, 0.2) is 0 Å². The Labute approximate surface area is 166 Å². The molecule has 0 aromatic heterocycles. The first-order chi connectivity index (χ1) is 5.41. The van der Waals surface area contributed by atoms with Gasteiger partial charge < -0.3 is 32.8 Å². The summed E-state index contributed by atoms with van der Waals surface area (Å²) in [6.07, 6.45) is 1.41. The molecule has 0 saturated carbocycles. The molecule has 0 aliphatic carbocycles. The number of hydrogen-bond donors (Lipinski definition) is 2. The van der Waals surface area contributed by atoms with Crippen LogP contribution in [-0.2, 0) is 28.9 Å². The summed E-state index contributed by atoms with van der Waals surface area (Å²) in [5.74, 6) is 0. The maximum absolute atomic E-state index is 9.29. The number of aliphatic hydroxyl groups excluding tert-OH is 1. The third-order valence-electron chi connectivity index (χ3n) is 0.644. The van der Waals surface area contributed by atoms with Crippen molar-refractivity contribution in [2.24, 2.45) is 0 Å². The van der Waals surface area contributed by atoms with Gasteiger partial charge in [0.2, 0.25) is 0 Å². The van der Waals surface area contributed by atoms with Crippen LogP contribution in [0.25, 0.3) is 0 Å². The molecule has 15 heavy (non-hydrogen) atoms. The molecule has 2 N–H and O–H groups in total. The first kappa shape index (κ1) is 31.3. The van der Waals surface area contributed by atoms with Crippen LogP contribution in [0.3, 0.4) is 0 Å². The molecule has 0 aliphatic rings. The molecule has 0 aromatic rings. The van der Waals surface area contributed by atoms with Crippen molar-refractivity contribution in [3.63, 3.8) is 0 Å². The molecule has 0 fully saturated rings. The molecule has 0 unspecified atom stereocenters. The quantitative estimate of drug-likeness (QED) is 0.133. The summed E-state index contributed by atoms with van der Waals surface area (Å²) in [7, 11) is 0. The van der Waals surface area contributed by atoms with Crippen LogP contribution in [0.1, 0.15) is 12.8 Å². The fraction of sp³-hybridized carbons (Fsp3) is 1.00. The molecule has 0 atom stereocenters. The summed E-state index contributed by atoms with van der Waals surface area (Å²) in [6.45, 7) is 0.490. The molecule has 76 valence electrons. The molecule has 0 spiro atoms. The zero-order valence-corrected chi connectivity index (χ0v) is 17.7. The Morgan fingerprint density at radius 2 is 1.53 bits per heavy atom. The summed E-state index contributed by atoms with van der Waals surface area (Å²) in [4.78, 5) is 22.3. The van der Waals surface area contributed by atoms with E-state index in [1.54, 1.807) is 0 Å². The predicted molar refractivity (Wildman–Crippen MR) is 46.6 cm³/mol. The molecule has 0 rings (SSSR count). The zero-order chi connectivity index (χ0) is 10.0. The standard InChI is InChI=1S/C4H10O3.3Na.H3O2PS2/c5-3-1-2-4-7-6;;;;1-3(2,4)5/h5-6H,1-4H2;;;;(H3,1,2,4,5)/q;3*+1;/p-3. The van der Waals surface area contributed by atoms with E-state index < -0.39 is 5.69 Å². The van der Waals surface area contributed by atoms with Crippen LogP contribution in [0.2, 0.25) is 0 Å². The van der Waals surface area contributed by atoms with E-state index in [1.807, 2.05) is 0 Å². The van der Waals surface area contributed by atoms with Gasteiger partial charge in [0, 0.05) is 6.61 Å². The van der Waals surface area contributed by atoms with Crippen LogP contribution in [-0.4, -0.2) is 23.6 Å². The summed E-state index contributed by atoms with van der Waals surface area (Å²) in [6, 6.07) is 0. The van der Waals surface area contributed by atoms with Gasteiger partial charge in [-0.1, -0.05) is 0 Å². The van der Waals surface area contributed by atoms with E-state index in [9.17, 15) is 9.79 Å². The SMILES string of the molecule is OCCCCOO.[Na+].[Na+].[Na+].[O-]P([O-])(=S)[S-]. The van der Waals surface area contributed by atoms with E-state index >= 15 is 0 Å². The van der Waals surface area contributed by atoms with Crippen molar-refractivity contribution < 1.29 is 114 Å². The van der Waals surface area contributed by atoms with Crippen LogP contribution in [0.5, 0.6) is 0 Å². The van der Waals surface area contributed by atoms with Gasteiger partial charge in [-0.2, -0.15) is 11.8 Å². The first-order valence-corrected chi connectivity index (χ1v) is 6.67. The molecule has 0 aromatic carbocycles. The topological polar surface area (TPSA) is 95.8 Å². The van der Waals surface area contributed by atoms with E-state index in [2.05, 4.69) is 28.9 Å². The van der Waals surface area contributed by atoms with Crippen molar-refractivity contribution in [1.29, 1.82) is 0 Å². The molecule has 0 saturated heterocycles. The van der Waals surface area contributed by atoms with Crippen LogP contribution in [0, 0.1) is 0 Å². The Morgan fingerprint density at radius 3 is 1.73 bits per heavy atom. The summed E-state index contributed by atoms with van der Waals surface area (Å²) in [5.41, 5.74) is -3.72. The Balaban J connectivity index is -0.0000000383. The Bertz CT molecular complexity index is 125. The second-order valence-corrected chi connectivity index (χ2v) is 6.18. The second kappa shape index (κ2) is 22.9. The smallest absolute Gasteiger partial charge is 0.850 e. The fourth-order valence-electron chi connectivity index (χ4n) is 0.278. The molecule has 11 heteroatoms. The van der Waals surface area contributed by atoms with E-state index in [1.165, 1.54) is 0 Å². The summed E-state index contributed by atoms with van der Waals surface area (Å²) >= 11 is 7.28. The number of rotatable bonds is 4. The molecular formula is C4H10Na3O5PS2. The Kier molecular flexibility index (Phi) is 47.8. The van der Waals surface area contributed by atoms with Gasteiger partial charge in [0.25, 0.3) is 0 Å². The largest absolute Gasteiger partial charge is 1.00 e. The molecule has 0 bridgehead atoms. The van der Waals surface area contributed by atoms with Gasteiger partial charge in [-0.05, 0) is 12.8 Å². The van der Waals surface area contributed by atoms with Gasteiger partial charge in [-0.25, -0.2) is 4.89 Å². The third-order valence-corrected chi connectivity index (χ3v) is 0.644.